The first-order valence-corrected chi connectivity index (χ1v) is 8.00. The molecule has 0 bridgehead atoms. The molecule has 1 N–H and O–H groups in total. The minimum absolute atomic E-state index is 0.483. The van der Waals surface area contributed by atoms with Crippen molar-refractivity contribution in [3.8, 4) is 0 Å². The molecule has 0 aromatic heterocycles. The van der Waals surface area contributed by atoms with E-state index in [4.69, 9.17) is 0 Å². The lowest BCUT2D eigenvalue weighted by Gasteiger charge is -2.27. The molecule has 1 aromatic rings. The van der Waals surface area contributed by atoms with Gasteiger partial charge in [-0.05, 0) is 43.2 Å². The van der Waals surface area contributed by atoms with Gasteiger partial charge in [0.15, 0.2) is 0 Å². The van der Waals surface area contributed by atoms with E-state index in [1.54, 1.807) is 0 Å². The van der Waals surface area contributed by atoms with Crippen LogP contribution >= 0.6 is 0 Å². The number of benzene rings is 1. The van der Waals surface area contributed by atoms with Gasteiger partial charge < -0.3 is 5.32 Å². The smallest absolute Gasteiger partial charge is 0.0294 e. The molecule has 106 valence electrons. The van der Waals surface area contributed by atoms with Gasteiger partial charge in [-0.1, -0.05) is 57.4 Å². The first-order chi connectivity index (χ1) is 9.15. The van der Waals surface area contributed by atoms with Crippen LogP contribution < -0.4 is 5.32 Å². The lowest BCUT2D eigenvalue weighted by atomic mass is 9.94. The lowest BCUT2D eigenvalue weighted by molar-refractivity contribution is 0.347. The van der Waals surface area contributed by atoms with Gasteiger partial charge >= 0.3 is 0 Å². The molecule has 1 aliphatic carbocycles. The zero-order valence-corrected chi connectivity index (χ0v) is 12.8. The Morgan fingerprint density at radius 2 is 1.63 bits per heavy atom. The predicted molar refractivity (Wildman–Crippen MR) is 83.4 cm³/mol. The Morgan fingerprint density at radius 3 is 2.21 bits per heavy atom. The molecule has 1 unspecified atom stereocenters. The van der Waals surface area contributed by atoms with E-state index in [0.29, 0.717) is 6.04 Å². The molecule has 1 heteroatoms. The third kappa shape index (κ3) is 4.65. The summed E-state index contributed by atoms with van der Waals surface area (Å²) in [6.07, 6.45) is 8.13. The molecular formula is C18H29N. The van der Waals surface area contributed by atoms with Crippen LogP contribution in [0.2, 0.25) is 0 Å². The molecule has 0 heterocycles. The second kappa shape index (κ2) is 7.09. The van der Waals surface area contributed by atoms with Crippen molar-refractivity contribution in [3.63, 3.8) is 0 Å². The summed E-state index contributed by atoms with van der Waals surface area (Å²) in [6, 6.07) is 10.4. The first-order valence-electron chi connectivity index (χ1n) is 8.00. The first kappa shape index (κ1) is 14.6. The van der Waals surface area contributed by atoms with Gasteiger partial charge in [-0.15, -0.1) is 0 Å². The van der Waals surface area contributed by atoms with Gasteiger partial charge in [0.1, 0.15) is 0 Å². The van der Waals surface area contributed by atoms with E-state index < -0.39 is 0 Å². The maximum absolute atomic E-state index is 3.80. The summed E-state index contributed by atoms with van der Waals surface area (Å²) < 4.78 is 0. The highest BCUT2D eigenvalue weighted by Crippen LogP contribution is 2.22. The number of hydrogen-bond acceptors (Lipinski definition) is 1. The van der Waals surface area contributed by atoms with E-state index in [2.05, 4.69) is 50.4 Å². The molecule has 0 radical (unpaired) electrons. The fourth-order valence-electron chi connectivity index (χ4n) is 3.13. The molecule has 2 rings (SSSR count). The number of hydrogen-bond donors (Lipinski definition) is 1. The van der Waals surface area contributed by atoms with Crippen molar-refractivity contribution in [2.24, 2.45) is 5.92 Å². The molecule has 1 saturated carbocycles. The SMILES string of the molecule is CC(C)Cc1ccc(C(C)NC2CCCCC2)cc1. The van der Waals surface area contributed by atoms with Gasteiger partial charge in [0.25, 0.3) is 0 Å². The molecule has 0 amide bonds. The highest BCUT2D eigenvalue weighted by molar-refractivity contribution is 5.25. The minimum Gasteiger partial charge on any atom is -0.307 e. The normalized spacial score (nSPS) is 18.7. The van der Waals surface area contributed by atoms with E-state index in [1.165, 1.54) is 49.7 Å². The Hall–Kier alpha value is -0.820. The van der Waals surface area contributed by atoms with Gasteiger partial charge in [-0.25, -0.2) is 0 Å². The standard InChI is InChI=1S/C18H29N/c1-14(2)13-16-9-11-17(12-10-16)15(3)19-18-7-5-4-6-8-18/h9-12,14-15,18-19H,4-8,13H2,1-3H3. The Kier molecular flexibility index (Phi) is 5.45. The second-order valence-electron chi connectivity index (χ2n) is 6.56. The zero-order valence-electron chi connectivity index (χ0n) is 12.8. The third-order valence-corrected chi connectivity index (χ3v) is 4.21. The summed E-state index contributed by atoms with van der Waals surface area (Å²) >= 11 is 0. The zero-order chi connectivity index (χ0) is 13.7. The fraction of sp³-hybridized carbons (Fsp3) is 0.667. The van der Waals surface area contributed by atoms with Crippen molar-refractivity contribution in [2.45, 2.75) is 71.4 Å². The Balaban J connectivity index is 1.89. The van der Waals surface area contributed by atoms with Crippen LogP contribution in [0.1, 0.15) is 70.0 Å². The van der Waals surface area contributed by atoms with Crippen LogP contribution in [0.5, 0.6) is 0 Å². The van der Waals surface area contributed by atoms with Crippen LogP contribution in [0.25, 0.3) is 0 Å². The lowest BCUT2D eigenvalue weighted by Crippen LogP contribution is -2.33. The summed E-state index contributed by atoms with van der Waals surface area (Å²) in [4.78, 5) is 0. The van der Waals surface area contributed by atoms with Crippen LogP contribution in [-0.2, 0) is 6.42 Å². The van der Waals surface area contributed by atoms with Crippen molar-refractivity contribution in [1.29, 1.82) is 0 Å². The fourth-order valence-corrected chi connectivity index (χ4v) is 3.13. The van der Waals surface area contributed by atoms with E-state index >= 15 is 0 Å². The highest BCUT2D eigenvalue weighted by Gasteiger charge is 2.16. The van der Waals surface area contributed by atoms with Crippen molar-refractivity contribution in [2.75, 3.05) is 0 Å². The number of nitrogens with one attached hydrogen (secondary N) is 1. The van der Waals surface area contributed by atoms with Gasteiger partial charge in [-0.3, -0.25) is 0 Å². The van der Waals surface area contributed by atoms with Crippen molar-refractivity contribution >= 4 is 0 Å². The third-order valence-electron chi connectivity index (χ3n) is 4.21. The second-order valence-corrected chi connectivity index (χ2v) is 6.56. The maximum atomic E-state index is 3.80. The van der Waals surface area contributed by atoms with Gasteiger partial charge in [0, 0.05) is 12.1 Å². The van der Waals surface area contributed by atoms with Gasteiger partial charge in [-0.2, -0.15) is 0 Å². The molecule has 1 fully saturated rings. The van der Waals surface area contributed by atoms with E-state index in [0.717, 1.165) is 12.0 Å². The Morgan fingerprint density at radius 1 is 1.00 bits per heavy atom. The Bertz CT molecular complexity index is 360. The average molecular weight is 259 g/mol. The molecule has 1 aromatic carbocycles. The van der Waals surface area contributed by atoms with Crippen LogP contribution in [-0.4, -0.2) is 6.04 Å². The molecular weight excluding hydrogens is 230 g/mol. The molecule has 19 heavy (non-hydrogen) atoms. The minimum atomic E-state index is 0.483. The van der Waals surface area contributed by atoms with E-state index in [-0.39, 0.29) is 0 Å². The summed E-state index contributed by atoms with van der Waals surface area (Å²) in [7, 11) is 0. The summed E-state index contributed by atoms with van der Waals surface area (Å²) in [6.45, 7) is 6.86. The van der Waals surface area contributed by atoms with Gasteiger partial charge in [0.2, 0.25) is 0 Å². The van der Waals surface area contributed by atoms with Gasteiger partial charge in [0.05, 0.1) is 0 Å². The van der Waals surface area contributed by atoms with Crippen LogP contribution in [0, 0.1) is 5.92 Å². The molecule has 0 saturated heterocycles. The number of rotatable bonds is 5. The monoisotopic (exact) mass is 259 g/mol. The van der Waals surface area contributed by atoms with Crippen LogP contribution in [0.4, 0.5) is 0 Å². The van der Waals surface area contributed by atoms with Crippen molar-refractivity contribution in [3.05, 3.63) is 35.4 Å². The summed E-state index contributed by atoms with van der Waals surface area (Å²) in [5.74, 6) is 0.739. The molecule has 1 atom stereocenters. The summed E-state index contributed by atoms with van der Waals surface area (Å²) in [5, 5.41) is 3.80. The largest absolute Gasteiger partial charge is 0.307 e. The van der Waals surface area contributed by atoms with Crippen molar-refractivity contribution < 1.29 is 0 Å². The molecule has 1 aliphatic rings. The average Bonchev–Trinajstić information content (AvgIpc) is 2.40. The predicted octanol–water partition coefficient (Wildman–Crippen LogP) is 4.87. The van der Waals surface area contributed by atoms with Crippen molar-refractivity contribution in [1.82, 2.24) is 5.32 Å². The molecule has 0 spiro atoms. The van der Waals surface area contributed by atoms with E-state index in [1.807, 2.05) is 0 Å². The maximum Gasteiger partial charge on any atom is 0.0294 e. The topological polar surface area (TPSA) is 12.0 Å². The van der Waals surface area contributed by atoms with Crippen LogP contribution in [0.3, 0.4) is 0 Å². The Labute approximate surface area is 118 Å². The summed E-state index contributed by atoms with van der Waals surface area (Å²) in [5.41, 5.74) is 2.89. The van der Waals surface area contributed by atoms with Crippen LogP contribution in [0.15, 0.2) is 24.3 Å². The molecule has 0 aliphatic heterocycles. The van der Waals surface area contributed by atoms with E-state index in [9.17, 15) is 0 Å². The quantitative estimate of drug-likeness (QED) is 0.795. The highest BCUT2D eigenvalue weighted by atomic mass is 14.9. The molecule has 1 nitrogen and oxygen atoms in total.